The monoisotopic (exact) mass is 1710 g/mol. The molecule has 0 aromatic rings. The molecule has 1 rings (SSSR count). The number of carbonyl (C=O) groups is 6. The molecule has 0 saturated carbocycles. The fourth-order valence-electron chi connectivity index (χ4n) is 9.11. The number of hydrogen-bond acceptors (Lipinski definition) is 35. The first-order chi connectivity index (χ1) is 57.9. The van der Waals surface area contributed by atoms with E-state index >= 15 is 0 Å². The second kappa shape index (κ2) is 90.2. The van der Waals surface area contributed by atoms with Gasteiger partial charge < -0.3 is 159 Å². The SMILES string of the molecule is COCCOCCOCCOCCOCCOCCOCCOCCOCCOCCOCCOCCOCCOCCOCCOCCOCCOCCOCCOCCOCCOCCOCCOCCNC(=O)C(CCCCNC(=O)OC(C)(C)C)NC(=O)CCOCCOCCOCCOCCNC(=O)CCN1C(=O)C=CC1=O. The van der Waals surface area contributed by atoms with Gasteiger partial charge in [-0.1, -0.05) is 0 Å². The zero-order valence-electron chi connectivity index (χ0n) is 71.2. The van der Waals surface area contributed by atoms with Crippen LogP contribution in [0.25, 0.3) is 0 Å². The molecule has 1 atom stereocenters. The Kier molecular flexibility index (Phi) is 85.2. The number of methoxy groups -OCH3 is 1. The van der Waals surface area contributed by atoms with Crippen LogP contribution >= 0.6 is 0 Å². The molecule has 0 aromatic carbocycles. The summed E-state index contributed by atoms with van der Waals surface area (Å²) in [5.74, 6) is -1.86. The number of amides is 6. The van der Waals surface area contributed by atoms with Crippen molar-refractivity contribution in [2.24, 2.45) is 0 Å². The summed E-state index contributed by atoms with van der Waals surface area (Å²) in [6.07, 6.45) is 3.29. The third-order valence-corrected chi connectivity index (χ3v) is 15.0. The number of imide groups is 1. The van der Waals surface area contributed by atoms with Gasteiger partial charge in [-0.05, 0) is 40.0 Å². The van der Waals surface area contributed by atoms with Crippen LogP contribution in [-0.2, 0) is 161 Å². The summed E-state index contributed by atoms with van der Waals surface area (Å²) < 4.78 is 159. The second-order valence-electron chi connectivity index (χ2n) is 25.9. The fourth-order valence-corrected chi connectivity index (χ4v) is 9.11. The molecule has 4 N–H and O–H groups in total. The number of hydrogen-bond donors (Lipinski definition) is 4. The summed E-state index contributed by atoms with van der Waals surface area (Å²) in [4.78, 5) is 74.2. The summed E-state index contributed by atoms with van der Waals surface area (Å²) in [5.41, 5.74) is -0.630. The van der Waals surface area contributed by atoms with Crippen molar-refractivity contribution in [2.75, 3.05) is 397 Å². The number of alkyl carbamates (subject to hydrolysis) is 1. The van der Waals surface area contributed by atoms with Gasteiger partial charge >= 0.3 is 6.09 Å². The van der Waals surface area contributed by atoms with Gasteiger partial charge in [-0.3, -0.25) is 28.9 Å². The molecule has 1 aliphatic heterocycles. The largest absolute Gasteiger partial charge is 0.444 e. The third-order valence-electron chi connectivity index (χ3n) is 15.0. The van der Waals surface area contributed by atoms with Crippen molar-refractivity contribution in [1.29, 1.82) is 0 Å². The van der Waals surface area contributed by atoms with E-state index in [1.54, 1.807) is 27.9 Å². The predicted molar refractivity (Wildman–Crippen MR) is 425 cm³/mol. The second-order valence-corrected chi connectivity index (χ2v) is 25.9. The molecule has 1 unspecified atom stereocenters. The number of nitrogens with one attached hydrogen (secondary N) is 4. The Morgan fingerprint density at radius 2 is 0.525 bits per heavy atom. The van der Waals surface area contributed by atoms with Crippen LogP contribution in [0.2, 0.25) is 0 Å². The molecule has 0 radical (unpaired) electrons. The molecule has 0 fully saturated rings. The molecule has 40 nitrogen and oxygen atoms in total. The fraction of sp³-hybridized carbons (Fsp3) is 0.897. The van der Waals surface area contributed by atoms with Gasteiger partial charge in [0, 0.05) is 58.3 Å². The third kappa shape index (κ3) is 85.0. The highest BCUT2D eigenvalue weighted by Gasteiger charge is 2.24. The van der Waals surface area contributed by atoms with Crippen LogP contribution < -0.4 is 21.3 Å². The van der Waals surface area contributed by atoms with Crippen LogP contribution in [0.3, 0.4) is 0 Å². The zero-order valence-corrected chi connectivity index (χ0v) is 71.2. The first-order valence-corrected chi connectivity index (χ1v) is 41.3. The van der Waals surface area contributed by atoms with Crippen molar-refractivity contribution in [3.05, 3.63) is 12.2 Å². The van der Waals surface area contributed by atoms with E-state index in [-0.39, 0.29) is 83.2 Å². The molecule has 6 amide bonds. The van der Waals surface area contributed by atoms with Gasteiger partial charge in [-0.2, -0.15) is 0 Å². The van der Waals surface area contributed by atoms with E-state index < -0.39 is 29.6 Å². The summed E-state index contributed by atoms with van der Waals surface area (Å²) >= 11 is 0. The van der Waals surface area contributed by atoms with Crippen molar-refractivity contribution in [1.82, 2.24) is 26.2 Å². The molecule has 694 valence electrons. The summed E-state index contributed by atoms with van der Waals surface area (Å²) in [6.45, 7) is 30.0. The average molecular weight is 1720 g/mol. The van der Waals surface area contributed by atoms with E-state index in [0.29, 0.717) is 356 Å². The van der Waals surface area contributed by atoms with E-state index in [1.807, 2.05) is 0 Å². The van der Waals surface area contributed by atoms with Gasteiger partial charge in [0.1, 0.15) is 11.6 Å². The first kappa shape index (κ1) is 111. The Morgan fingerprint density at radius 1 is 0.288 bits per heavy atom. The first-order valence-electron chi connectivity index (χ1n) is 41.3. The lowest BCUT2D eigenvalue weighted by molar-refractivity contribution is -0.137. The van der Waals surface area contributed by atoms with Crippen molar-refractivity contribution in [3.8, 4) is 0 Å². The van der Waals surface area contributed by atoms with Crippen LogP contribution in [0.1, 0.15) is 52.9 Å². The van der Waals surface area contributed by atoms with E-state index in [4.69, 9.17) is 137 Å². The molecule has 40 heteroatoms. The van der Waals surface area contributed by atoms with Gasteiger partial charge in [0.05, 0.1) is 363 Å². The van der Waals surface area contributed by atoms with Crippen LogP contribution in [0.4, 0.5) is 4.79 Å². The quantitative estimate of drug-likeness (QED) is 0.0467. The summed E-state index contributed by atoms with van der Waals surface area (Å²) in [5, 5.41) is 11.0. The zero-order chi connectivity index (χ0) is 85.1. The van der Waals surface area contributed by atoms with E-state index in [0.717, 1.165) is 4.90 Å². The minimum Gasteiger partial charge on any atom is -0.444 e. The standard InChI is InChI=1S/C78H147N5O35/c1-78(2,3)118-77(89)81-12-6-5-7-71(82-73(85)11-16-91-21-24-95-29-30-96-25-22-92-17-13-79-72(84)10-15-83-74(86)8-9-75(83)87)76(88)80-14-18-93-23-26-97-31-32-99-35-36-101-39-40-103-43-44-105-47-48-107-51-52-109-55-56-111-59-60-113-63-64-115-67-68-117-70-69-116-66-65-114-62-61-112-58-57-110-54-53-108-50-49-106-46-45-104-42-41-102-38-37-100-34-33-98-28-27-94-20-19-90-4/h8-9,71H,5-7,10-70H2,1-4H3,(H,79,84)(H,80,88)(H,81,89)(H,82,85). The van der Waals surface area contributed by atoms with Gasteiger partial charge in [0.15, 0.2) is 0 Å². The highest BCUT2D eigenvalue weighted by molar-refractivity contribution is 6.13. The molecule has 1 heterocycles. The van der Waals surface area contributed by atoms with Gasteiger partial charge in [0.2, 0.25) is 17.7 Å². The molecule has 0 bridgehead atoms. The minimum absolute atomic E-state index is 0.00978. The Morgan fingerprint density at radius 3 is 0.780 bits per heavy atom. The van der Waals surface area contributed by atoms with Crippen LogP contribution in [0, 0.1) is 0 Å². The molecule has 0 spiro atoms. The lowest BCUT2D eigenvalue weighted by atomic mass is 10.1. The maximum atomic E-state index is 13.2. The Bertz CT molecular complexity index is 2240. The van der Waals surface area contributed by atoms with E-state index in [9.17, 15) is 28.8 Å². The lowest BCUT2D eigenvalue weighted by Crippen LogP contribution is -2.47. The Labute approximate surface area is 698 Å². The maximum absolute atomic E-state index is 13.2. The minimum atomic E-state index is -0.815. The number of ether oxygens (including phenoxy) is 29. The number of nitrogens with zero attached hydrogens (tertiary/aromatic N) is 1. The van der Waals surface area contributed by atoms with Crippen LogP contribution in [0.5, 0.6) is 0 Å². The highest BCUT2D eigenvalue weighted by Crippen LogP contribution is 2.08. The smallest absolute Gasteiger partial charge is 0.407 e. The molecule has 0 aromatic heterocycles. The lowest BCUT2D eigenvalue weighted by Gasteiger charge is -2.20. The average Bonchev–Trinajstić information content (AvgIpc) is 1.74. The molecule has 0 saturated heterocycles. The van der Waals surface area contributed by atoms with E-state index in [2.05, 4.69) is 21.3 Å². The Balaban J connectivity index is 1.81. The number of carbonyl (C=O) groups excluding carboxylic acids is 6. The van der Waals surface area contributed by atoms with Gasteiger partial charge in [-0.25, -0.2) is 4.79 Å². The van der Waals surface area contributed by atoms with Crippen molar-refractivity contribution in [2.45, 2.75) is 64.5 Å². The number of rotatable bonds is 97. The van der Waals surface area contributed by atoms with Gasteiger partial charge in [0.25, 0.3) is 11.8 Å². The summed E-state index contributed by atoms with van der Waals surface area (Å²) in [7, 11) is 1.64. The topological polar surface area (TPSA) is 421 Å². The highest BCUT2D eigenvalue weighted by atomic mass is 16.6. The molecule has 1 aliphatic rings. The van der Waals surface area contributed by atoms with Crippen molar-refractivity contribution < 1.29 is 166 Å². The molecular formula is C78H147N5O35. The van der Waals surface area contributed by atoms with Crippen LogP contribution in [0.15, 0.2) is 12.2 Å². The van der Waals surface area contributed by atoms with Gasteiger partial charge in [-0.15, -0.1) is 0 Å². The molecular weight excluding hydrogens is 1570 g/mol. The Hall–Kier alpha value is -4.56. The van der Waals surface area contributed by atoms with Crippen molar-refractivity contribution >= 4 is 35.6 Å². The predicted octanol–water partition coefficient (Wildman–Crippen LogP) is 0.198. The van der Waals surface area contributed by atoms with Crippen molar-refractivity contribution in [3.63, 3.8) is 0 Å². The normalized spacial score (nSPS) is 12.6. The van der Waals surface area contributed by atoms with Crippen LogP contribution in [-0.4, -0.2) is 449 Å². The molecule has 118 heavy (non-hydrogen) atoms. The maximum Gasteiger partial charge on any atom is 0.407 e. The molecule has 0 aliphatic carbocycles. The number of unbranched alkanes of at least 4 members (excludes halogenated alkanes) is 1. The van der Waals surface area contributed by atoms with E-state index in [1.165, 1.54) is 12.2 Å². The summed E-state index contributed by atoms with van der Waals surface area (Å²) in [6, 6.07) is -0.815.